The van der Waals surface area contributed by atoms with Gasteiger partial charge in [0.15, 0.2) is 0 Å². The van der Waals surface area contributed by atoms with Crippen LogP contribution in [-0.2, 0) is 0 Å². The van der Waals surface area contributed by atoms with Gasteiger partial charge in [-0.15, -0.1) is 0 Å². The molecule has 1 heterocycles. The fourth-order valence-electron chi connectivity index (χ4n) is 2.83. The number of nitrogens with zero attached hydrogens (tertiary/aromatic N) is 2. The van der Waals surface area contributed by atoms with Gasteiger partial charge >= 0.3 is 0 Å². The van der Waals surface area contributed by atoms with Crippen LogP contribution in [0.1, 0.15) is 36.0 Å². The van der Waals surface area contributed by atoms with E-state index in [1.54, 1.807) is 0 Å². The average molecular weight is 326 g/mol. The summed E-state index contributed by atoms with van der Waals surface area (Å²) in [6.45, 7) is 0. The van der Waals surface area contributed by atoms with Gasteiger partial charge in [-0.3, -0.25) is 4.79 Å². The highest BCUT2D eigenvalue weighted by Crippen LogP contribution is 2.22. The first kappa shape index (κ1) is 16.2. The van der Waals surface area contributed by atoms with Crippen LogP contribution in [-0.4, -0.2) is 28.0 Å². The fraction of sp³-hybridized carbons (Fsp3) is 0.353. The Hall–Kier alpha value is -2.67. The summed E-state index contributed by atoms with van der Waals surface area (Å²) >= 11 is 0. The van der Waals surface area contributed by atoms with Crippen LogP contribution in [0.2, 0.25) is 0 Å². The molecule has 0 atom stereocenters. The lowest BCUT2D eigenvalue weighted by atomic mass is 9.92. The number of aromatic nitrogens is 2. The quantitative estimate of drug-likeness (QED) is 0.667. The first-order valence-corrected chi connectivity index (χ1v) is 8.13. The van der Waals surface area contributed by atoms with Crippen LogP contribution in [0.5, 0.6) is 0 Å². The number of para-hydroxylation sites is 1. The van der Waals surface area contributed by atoms with E-state index < -0.39 is 5.91 Å². The maximum Gasteiger partial charge on any atom is 0.254 e. The Morgan fingerprint density at radius 2 is 1.83 bits per heavy atom. The molecule has 0 spiro atoms. The Morgan fingerprint density at radius 1 is 1.12 bits per heavy atom. The van der Waals surface area contributed by atoms with Gasteiger partial charge in [-0.2, -0.15) is 4.98 Å². The molecule has 7 heteroatoms. The monoisotopic (exact) mass is 326 g/mol. The smallest absolute Gasteiger partial charge is 0.254 e. The van der Waals surface area contributed by atoms with Gasteiger partial charge in [0.25, 0.3) is 5.91 Å². The average Bonchev–Trinajstić information content (AvgIpc) is 2.58. The van der Waals surface area contributed by atoms with Gasteiger partial charge < -0.3 is 22.1 Å². The van der Waals surface area contributed by atoms with Crippen molar-refractivity contribution in [3.63, 3.8) is 0 Å². The number of hydrogen-bond donors (Lipinski definition) is 4. The Kier molecular flexibility index (Phi) is 4.90. The van der Waals surface area contributed by atoms with Gasteiger partial charge in [0.05, 0.1) is 0 Å². The van der Waals surface area contributed by atoms with Crippen molar-refractivity contribution in [2.24, 2.45) is 11.5 Å². The van der Waals surface area contributed by atoms with Crippen LogP contribution in [0.4, 0.5) is 17.5 Å². The highest BCUT2D eigenvalue weighted by Gasteiger charge is 2.20. The molecule has 3 rings (SSSR count). The Bertz CT molecular complexity index is 697. The predicted octanol–water partition coefficient (Wildman–Crippen LogP) is 2.00. The van der Waals surface area contributed by atoms with E-state index in [4.69, 9.17) is 11.5 Å². The molecule has 6 N–H and O–H groups in total. The minimum Gasteiger partial charge on any atom is -0.365 e. The van der Waals surface area contributed by atoms with Crippen LogP contribution in [0.15, 0.2) is 36.5 Å². The van der Waals surface area contributed by atoms with E-state index in [9.17, 15) is 4.79 Å². The summed E-state index contributed by atoms with van der Waals surface area (Å²) < 4.78 is 0. The first-order chi connectivity index (χ1) is 11.6. The van der Waals surface area contributed by atoms with Crippen LogP contribution in [0.25, 0.3) is 0 Å². The number of hydrogen-bond acceptors (Lipinski definition) is 6. The van der Waals surface area contributed by atoms with Gasteiger partial charge in [0, 0.05) is 24.0 Å². The summed E-state index contributed by atoms with van der Waals surface area (Å²) in [5.74, 6) is 0.321. The zero-order valence-corrected chi connectivity index (χ0v) is 13.4. The number of rotatable bonds is 5. The van der Waals surface area contributed by atoms with E-state index in [0.717, 1.165) is 31.4 Å². The molecule has 0 radical (unpaired) electrons. The summed E-state index contributed by atoms with van der Waals surface area (Å²) in [5, 5.41) is 6.45. The van der Waals surface area contributed by atoms with E-state index >= 15 is 0 Å². The lowest BCUT2D eigenvalue weighted by Gasteiger charge is -2.26. The molecular formula is C17H22N6O. The van der Waals surface area contributed by atoms with E-state index in [2.05, 4.69) is 20.6 Å². The molecule has 1 amide bonds. The number of anilines is 3. The van der Waals surface area contributed by atoms with Crippen LogP contribution < -0.4 is 22.1 Å². The molecule has 7 nitrogen and oxygen atoms in total. The topological polar surface area (TPSA) is 119 Å². The second kappa shape index (κ2) is 7.27. The summed E-state index contributed by atoms with van der Waals surface area (Å²) in [6, 6.07) is 10.1. The largest absolute Gasteiger partial charge is 0.365 e. The molecule has 1 aromatic carbocycles. The summed E-state index contributed by atoms with van der Waals surface area (Å²) in [7, 11) is 0. The van der Waals surface area contributed by atoms with Crippen LogP contribution in [0, 0.1) is 0 Å². The van der Waals surface area contributed by atoms with Gasteiger partial charge in [-0.25, -0.2) is 4.98 Å². The van der Waals surface area contributed by atoms with Crippen molar-refractivity contribution in [2.45, 2.75) is 37.8 Å². The first-order valence-electron chi connectivity index (χ1n) is 8.13. The molecule has 1 aromatic heterocycles. The van der Waals surface area contributed by atoms with Gasteiger partial charge in [0.1, 0.15) is 11.4 Å². The molecule has 1 saturated carbocycles. The van der Waals surface area contributed by atoms with Crippen molar-refractivity contribution in [3.05, 3.63) is 42.1 Å². The Labute approximate surface area is 140 Å². The van der Waals surface area contributed by atoms with Crippen molar-refractivity contribution >= 4 is 23.4 Å². The molecule has 0 unspecified atom stereocenters. The highest BCUT2D eigenvalue weighted by atomic mass is 16.1. The molecule has 0 aliphatic heterocycles. The molecule has 0 bridgehead atoms. The normalized spacial score (nSPS) is 20.4. The summed E-state index contributed by atoms with van der Waals surface area (Å²) in [6.07, 6.45) is 5.42. The minimum absolute atomic E-state index is 0.259. The maximum absolute atomic E-state index is 11.6. The Morgan fingerprint density at radius 3 is 2.50 bits per heavy atom. The fourth-order valence-corrected chi connectivity index (χ4v) is 2.83. The number of benzene rings is 1. The molecule has 1 aliphatic rings. The molecule has 1 fully saturated rings. The highest BCUT2D eigenvalue weighted by molar-refractivity contribution is 5.98. The van der Waals surface area contributed by atoms with Gasteiger partial charge in [-0.1, -0.05) is 18.2 Å². The van der Waals surface area contributed by atoms with Crippen molar-refractivity contribution in [3.8, 4) is 0 Å². The lowest BCUT2D eigenvalue weighted by Crippen LogP contribution is -2.33. The number of amides is 1. The van der Waals surface area contributed by atoms with E-state index in [-0.39, 0.29) is 11.6 Å². The van der Waals surface area contributed by atoms with Gasteiger partial charge in [0.2, 0.25) is 5.95 Å². The molecule has 0 saturated heterocycles. The van der Waals surface area contributed by atoms with E-state index in [0.29, 0.717) is 17.8 Å². The second-order valence-electron chi connectivity index (χ2n) is 6.07. The van der Waals surface area contributed by atoms with E-state index in [1.807, 2.05) is 30.3 Å². The lowest BCUT2D eigenvalue weighted by molar-refractivity contribution is 0.100. The summed E-state index contributed by atoms with van der Waals surface area (Å²) in [5.41, 5.74) is 12.4. The summed E-state index contributed by atoms with van der Waals surface area (Å²) in [4.78, 5) is 20.3. The molecule has 2 aromatic rings. The SMILES string of the molecule is NC(=O)c1cnc(NC2CCC(N)CC2)nc1Nc1ccccc1. The number of nitrogens with two attached hydrogens (primary N) is 2. The Balaban J connectivity index is 1.79. The van der Waals surface area contributed by atoms with Crippen molar-refractivity contribution in [1.82, 2.24) is 9.97 Å². The molecule has 1 aliphatic carbocycles. The zero-order chi connectivity index (χ0) is 16.9. The molecular weight excluding hydrogens is 304 g/mol. The number of nitrogens with one attached hydrogen (secondary N) is 2. The van der Waals surface area contributed by atoms with Gasteiger partial charge in [-0.05, 0) is 37.8 Å². The molecule has 24 heavy (non-hydrogen) atoms. The molecule has 126 valence electrons. The maximum atomic E-state index is 11.6. The number of primary amides is 1. The van der Waals surface area contributed by atoms with Crippen molar-refractivity contribution < 1.29 is 4.79 Å². The zero-order valence-electron chi connectivity index (χ0n) is 13.4. The van der Waals surface area contributed by atoms with E-state index in [1.165, 1.54) is 6.20 Å². The van der Waals surface area contributed by atoms with Crippen LogP contribution >= 0.6 is 0 Å². The third kappa shape index (κ3) is 3.99. The standard InChI is InChI=1S/C17H22N6O/c18-11-6-8-13(9-7-11)22-17-20-10-14(15(19)24)16(23-17)21-12-4-2-1-3-5-12/h1-5,10-11,13H,6-9,18H2,(H2,19,24)(H2,20,21,22,23). The van der Waals surface area contributed by atoms with Crippen molar-refractivity contribution in [1.29, 1.82) is 0 Å². The van der Waals surface area contributed by atoms with Crippen molar-refractivity contribution in [2.75, 3.05) is 10.6 Å². The predicted molar refractivity (Wildman–Crippen MR) is 94.1 cm³/mol. The number of carbonyl (C=O) groups is 1. The third-order valence-electron chi connectivity index (χ3n) is 4.20. The second-order valence-corrected chi connectivity index (χ2v) is 6.07. The number of carbonyl (C=O) groups excluding carboxylic acids is 1. The van der Waals surface area contributed by atoms with Crippen LogP contribution in [0.3, 0.4) is 0 Å². The minimum atomic E-state index is -0.566. The third-order valence-corrected chi connectivity index (χ3v) is 4.20.